The van der Waals surface area contributed by atoms with Crippen molar-refractivity contribution >= 4 is 5.97 Å². The van der Waals surface area contributed by atoms with Crippen LogP contribution in [0.2, 0.25) is 0 Å². The van der Waals surface area contributed by atoms with Crippen LogP contribution in [0, 0.1) is 12.8 Å². The summed E-state index contributed by atoms with van der Waals surface area (Å²) < 4.78 is 0. The van der Waals surface area contributed by atoms with Crippen molar-refractivity contribution in [3.05, 3.63) is 47.9 Å². The molecule has 0 saturated heterocycles. The molecule has 0 fully saturated rings. The van der Waals surface area contributed by atoms with Crippen LogP contribution in [0.15, 0.2) is 36.5 Å². The lowest BCUT2D eigenvalue weighted by molar-refractivity contribution is -0.141. The van der Waals surface area contributed by atoms with E-state index in [1.807, 2.05) is 37.3 Å². The molecule has 0 saturated carbocycles. The van der Waals surface area contributed by atoms with Gasteiger partial charge in [-0.2, -0.15) is 0 Å². The molecule has 4 heteroatoms. The number of aryl methyl sites for hydroxylation is 1. The summed E-state index contributed by atoms with van der Waals surface area (Å²) in [6.07, 6.45) is 2.02. The molecule has 1 heterocycles. The Morgan fingerprint density at radius 2 is 2.05 bits per heavy atom. The van der Waals surface area contributed by atoms with Crippen molar-refractivity contribution < 1.29 is 9.90 Å². The van der Waals surface area contributed by atoms with Crippen molar-refractivity contribution in [2.45, 2.75) is 20.3 Å². The van der Waals surface area contributed by atoms with E-state index in [2.05, 4.69) is 9.97 Å². The number of carboxylic acid groups (broad SMARTS) is 1. The van der Waals surface area contributed by atoms with Gasteiger partial charge in [0.25, 0.3) is 0 Å². The first-order valence-corrected chi connectivity index (χ1v) is 6.18. The second-order valence-corrected chi connectivity index (χ2v) is 4.62. The number of carboxylic acids is 1. The van der Waals surface area contributed by atoms with Crippen molar-refractivity contribution in [1.29, 1.82) is 0 Å². The van der Waals surface area contributed by atoms with Gasteiger partial charge in [-0.1, -0.05) is 31.2 Å². The Balaban J connectivity index is 2.30. The number of nitrogens with zero attached hydrogens (tertiary/aromatic N) is 2. The van der Waals surface area contributed by atoms with Crippen LogP contribution in [0.3, 0.4) is 0 Å². The topological polar surface area (TPSA) is 63.1 Å². The minimum Gasteiger partial charge on any atom is -0.481 e. The van der Waals surface area contributed by atoms with E-state index in [0.29, 0.717) is 12.2 Å². The van der Waals surface area contributed by atoms with E-state index in [0.717, 1.165) is 16.8 Å². The Morgan fingerprint density at radius 1 is 1.32 bits per heavy atom. The van der Waals surface area contributed by atoms with Crippen LogP contribution in [0.25, 0.3) is 11.3 Å². The van der Waals surface area contributed by atoms with Gasteiger partial charge in [-0.3, -0.25) is 4.79 Å². The lowest BCUT2D eigenvalue weighted by atomic mass is 10.0. The maximum Gasteiger partial charge on any atom is 0.306 e. The molecule has 1 N–H and O–H groups in total. The van der Waals surface area contributed by atoms with Crippen LogP contribution in [-0.2, 0) is 11.2 Å². The molecule has 98 valence electrons. The molecule has 1 aromatic carbocycles. The average Bonchev–Trinajstić information content (AvgIpc) is 2.39. The van der Waals surface area contributed by atoms with Gasteiger partial charge in [0.05, 0.1) is 11.6 Å². The molecule has 19 heavy (non-hydrogen) atoms. The van der Waals surface area contributed by atoms with Crippen LogP contribution >= 0.6 is 0 Å². The molecule has 0 bridgehead atoms. The van der Waals surface area contributed by atoms with Crippen molar-refractivity contribution in [1.82, 2.24) is 9.97 Å². The number of benzene rings is 1. The maximum absolute atomic E-state index is 10.9. The van der Waals surface area contributed by atoms with Gasteiger partial charge in [0, 0.05) is 18.2 Å². The van der Waals surface area contributed by atoms with Gasteiger partial charge in [0.15, 0.2) is 0 Å². The van der Waals surface area contributed by atoms with Gasteiger partial charge in [0.1, 0.15) is 5.82 Å². The molecule has 2 rings (SSSR count). The van der Waals surface area contributed by atoms with Crippen LogP contribution in [0.5, 0.6) is 0 Å². The normalized spacial score (nSPS) is 12.1. The fourth-order valence-electron chi connectivity index (χ4n) is 1.87. The van der Waals surface area contributed by atoms with Crippen molar-refractivity contribution in [2.24, 2.45) is 5.92 Å². The van der Waals surface area contributed by atoms with Crippen LogP contribution in [0.4, 0.5) is 0 Å². The molecule has 0 aliphatic carbocycles. The number of carbonyl (C=O) groups is 1. The van der Waals surface area contributed by atoms with Gasteiger partial charge in [-0.15, -0.1) is 0 Å². The Kier molecular flexibility index (Phi) is 3.90. The molecule has 0 radical (unpaired) electrons. The van der Waals surface area contributed by atoms with Crippen molar-refractivity contribution in [3.8, 4) is 11.3 Å². The average molecular weight is 256 g/mol. The summed E-state index contributed by atoms with van der Waals surface area (Å²) in [5.41, 5.74) is 3.02. The number of aromatic nitrogens is 2. The summed E-state index contributed by atoms with van der Waals surface area (Å²) in [5, 5.41) is 8.92. The first-order chi connectivity index (χ1) is 9.08. The Morgan fingerprint density at radius 3 is 2.74 bits per heavy atom. The van der Waals surface area contributed by atoms with Crippen molar-refractivity contribution in [2.75, 3.05) is 0 Å². The molecule has 4 nitrogen and oxygen atoms in total. The van der Waals surface area contributed by atoms with Crippen LogP contribution in [0.1, 0.15) is 18.3 Å². The number of hydrogen-bond donors (Lipinski definition) is 1. The molecule has 1 atom stereocenters. The van der Waals surface area contributed by atoms with Crippen LogP contribution < -0.4 is 0 Å². The molecule has 1 unspecified atom stereocenters. The minimum absolute atomic E-state index is 0.342. The predicted molar refractivity (Wildman–Crippen MR) is 72.7 cm³/mol. The monoisotopic (exact) mass is 256 g/mol. The van der Waals surface area contributed by atoms with Gasteiger partial charge in [-0.05, 0) is 18.6 Å². The minimum atomic E-state index is -0.829. The third-order valence-electron chi connectivity index (χ3n) is 3.04. The third-order valence-corrected chi connectivity index (χ3v) is 3.04. The second kappa shape index (κ2) is 5.61. The summed E-state index contributed by atoms with van der Waals surface area (Å²) in [6.45, 7) is 3.68. The summed E-state index contributed by atoms with van der Waals surface area (Å²) in [7, 11) is 0. The summed E-state index contributed by atoms with van der Waals surface area (Å²) in [4.78, 5) is 19.5. The maximum atomic E-state index is 10.9. The van der Waals surface area contributed by atoms with Crippen molar-refractivity contribution in [3.63, 3.8) is 0 Å². The first kappa shape index (κ1) is 13.2. The first-order valence-electron chi connectivity index (χ1n) is 6.18. The second-order valence-electron chi connectivity index (χ2n) is 4.62. The van der Waals surface area contributed by atoms with Gasteiger partial charge in [0.2, 0.25) is 0 Å². The largest absolute Gasteiger partial charge is 0.481 e. The molecule has 0 amide bonds. The Bertz CT molecular complexity index is 596. The highest BCUT2D eigenvalue weighted by molar-refractivity contribution is 5.69. The summed E-state index contributed by atoms with van der Waals surface area (Å²) in [6, 6.07) is 9.81. The van der Waals surface area contributed by atoms with E-state index >= 15 is 0 Å². The van der Waals surface area contributed by atoms with E-state index < -0.39 is 11.9 Å². The summed E-state index contributed by atoms with van der Waals surface area (Å²) >= 11 is 0. The molecular formula is C15H16N2O2. The van der Waals surface area contributed by atoms with E-state index in [1.54, 1.807) is 13.1 Å². The quantitative estimate of drug-likeness (QED) is 0.913. The molecule has 0 aliphatic rings. The highest BCUT2D eigenvalue weighted by Gasteiger charge is 2.14. The zero-order valence-electron chi connectivity index (χ0n) is 11.0. The number of aliphatic carboxylic acids is 1. The lowest BCUT2D eigenvalue weighted by Gasteiger charge is -2.08. The third kappa shape index (κ3) is 3.16. The van der Waals surface area contributed by atoms with Gasteiger partial charge in [-0.25, -0.2) is 9.97 Å². The highest BCUT2D eigenvalue weighted by atomic mass is 16.4. The van der Waals surface area contributed by atoms with E-state index in [-0.39, 0.29) is 0 Å². The van der Waals surface area contributed by atoms with Gasteiger partial charge >= 0.3 is 5.97 Å². The van der Waals surface area contributed by atoms with Crippen LogP contribution in [-0.4, -0.2) is 21.0 Å². The molecular weight excluding hydrogens is 240 g/mol. The van der Waals surface area contributed by atoms with E-state index in [9.17, 15) is 4.79 Å². The zero-order chi connectivity index (χ0) is 13.8. The fraction of sp³-hybridized carbons (Fsp3) is 0.267. The fourth-order valence-corrected chi connectivity index (χ4v) is 1.87. The molecule has 0 spiro atoms. The van der Waals surface area contributed by atoms with E-state index in [4.69, 9.17) is 5.11 Å². The van der Waals surface area contributed by atoms with Gasteiger partial charge < -0.3 is 5.11 Å². The Labute approximate surface area is 112 Å². The summed E-state index contributed by atoms with van der Waals surface area (Å²) in [5.74, 6) is -0.743. The zero-order valence-corrected chi connectivity index (χ0v) is 11.0. The highest BCUT2D eigenvalue weighted by Crippen LogP contribution is 2.20. The Hall–Kier alpha value is -2.23. The standard InChI is InChI=1S/C15H16N2O2/c1-10-5-3-4-6-12(10)13-7-8-16-14(17-13)9-11(2)15(18)19/h3-8,11H,9H2,1-2H3,(H,18,19). The molecule has 1 aromatic heterocycles. The number of rotatable bonds is 4. The van der Waals surface area contributed by atoms with E-state index in [1.165, 1.54) is 0 Å². The molecule has 0 aliphatic heterocycles. The smallest absolute Gasteiger partial charge is 0.306 e. The SMILES string of the molecule is Cc1ccccc1-c1ccnc(CC(C)C(=O)O)n1. The lowest BCUT2D eigenvalue weighted by Crippen LogP contribution is -2.14. The predicted octanol–water partition coefficient (Wildman–Crippen LogP) is 2.72. The number of hydrogen-bond acceptors (Lipinski definition) is 3. The molecule has 2 aromatic rings.